The molecule has 13 heavy (non-hydrogen) atoms. The first-order chi connectivity index (χ1) is 6.40. The van der Waals surface area contributed by atoms with E-state index in [0.29, 0.717) is 12.3 Å². The molecule has 4 heteroatoms. The second-order valence-electron chi connectivity index (χ2n) is 2.56. The highest BCUT2D eigenvalue weighted by atomic mass is 16.3. The van der Waals surface area contributed by atoms with E-state index in [9.17, 15) is 0 Å². The van der Waals surface area contributed by atoms with Gasteiger partial charge >= 0.3 is 0 Å². The van der Waals surface area contributed by atoms with E-state index in [4.69, 9.17) is 10.2 Å². The molecule has 0 unspecified atom stereocenters. The van der Waals surface area contributed by atoms with E-state index in [2.05, 4.69) is 9.97 Å². The molecule has 2 heterocycles. The first-order valence-corrected chi connectivity index (χ1v) is 3.95. The van der Waals surface area contributed by atoms with Crippen LogP contribution in [0.1, 0.15) is 5.76 Å². The Labute approximate surface area is 75.4 Å². The smallest absolute Gasteiger partial charge is 0.154 e. The number of nitrogens with zero attached hydrogens (tertiary/aromatic N) is 2. The van der Waals surface area contributed by atoms with Crippen molar-refractivity contribution in [1.29, 1.82) is 0 Å². The Morgan fingerprint density at radius 1 is 1.31 bits per heavy atom. The van der Waals surface area contributed by atoms with Gasteiger partial charge in [-0.15, -0.1) is 0 Å². The molecule has 0 aliphatic heterocycles. The summed E-state index contributed by atoms with van der Waals surface area (Å²) in [6, 6.07) is 3.68. The molecule has 66 valence electrons. The molecule has 2 aromatic heterocycles. The van der Waals surface area contributed by atoms with E-state index in [0.717, 1.165) is 11.5 Å². The topological polar surface area (TPSA) is 64.9 Å². The quantitative estimate of drug-likeness (QED) is 0.744. The third-order valence-corrected chi connectivity index (χ3v) is 1.68. The van der Waals surface area contributed by atoms with Gasteiger partial charge in [-0.25, -0.2) is 4.98 Å². The van der Waals surface area contributed by atoms with Gasteiger partial charge in [-0.1, -0.05) is 0 Å². The number of aromatic nitrogens is 2. The molecule has 0 saturated carbocycles. The van der Waals surface area contributed by atoms with Gasteiger partial charge in [-0.05, 0) is 12.1 Å². The number of hydrogen-bond donors (Lipinski definition) is 1. The second kappa shape index (κ2) is 3.37. The highest BCUT2D eigenvalue weighted by Gasteiger charge is 2.03. The fraction of sp³-hybridized carbons (Fsp3) is 0.111. The van der Waals surface area contributed by atoms with Crippen LogP contribution in [-0.2, 0) is 6.54 Å². The van der Waals surface area contributed by atoms with E-state index >= 15 is 0 Å². The van der Waals surface area contributed by atoms with Crippen LogP contribution in [0.25, 0.3) is 11.5 Å². The zero-order valence-corrected chi connectivity index (χ0v) is 6.97. The van der Waals surface area contributed by atoms with E-state index in [1.54, 1.807) is 18.6 Å². The lowest BCUT2D eigenvalue weighted by Crippen LogP contribution is -1.92. The van der Waals surface area contributed by atoms with Crippen molar-refractivity contribution in [3.8, 4) is 11.5 Å². The molecule has 0 aliphatic rings. The van der Waals surface area contributed by atoms with Gasteiger partial charge in [0.25, 0.3) is 0 Å². The Morgan fingerprint density at radius 2 is 2.23 bits per heavy atom. The highest BCUT2D eigenvalue weighted by Crippen LogP contribution is 2.18. The lowest BCUT2D eigenvalue weighted by molar-refractivity contribution is 0.523. The second-order valence-corrected chi connectivity index (χ2v) is 2.56. The average Bonchev–Trinajstić information content (AvgIpc) is 2.67. The summed E-state index contributed by atoms with van der Waals surface area (Å²) in [4.78, 5) is 8.04. The van der Waals surface area contributed by atoms with Crippen molar-refractivity contribution in [2.75, 3.05) is 0 Å². The van der Waals surface area contributed by atoms with Crippen LogP contribution in [-0.4, -0.2) is 9.97 Å². The van der Waals surface area contributed by atoms with Gasteiger partial charge in [0.15, 0.2) is 5.76 Å². The average molecular weight is 175 g/mol. The van der Waals surface area contributed by atoms with E-state index in [1.165, 1.54) is 0 Å². The maximum atomic E-state index is 5.41. The van der Waals surface area contributed by atoms with Crippen LogP contribution in [0, 0.1) is 0 Å². The van der Waals surface area contributed by atoms with Gasteiger partial charge in [0.2, 0.25) is 0 Å². The highest BCUT2D eigenvalue weighted by molar-refractivity contribution is 5.50. The zero-order chi connectivity index (χ0) is 9.10. The van der Waals surface area contributed by atoms with Crippen molar-refractivity contribution in [3.05, 3.63) is 36.5 Å². The largest absolute Gasteiger partial charge is 0.458 e. The van der Waals surface area contributed by atoms with Gasteiger partial charge < -0.3 is 10.2 Å². The molecular formula is C9H9N3O. The molecule has 0 atom stereocenters. The predicted octanol–water partition coefficient (Wildman–Crippen LogP) is 1.20. The minimum Gasteiger partial charge on any atom is -0.458 e. The molecule has 0 radical (unpaired) electrons. The molecule has 4 nitrogen and oxygen atoms in total. The number of nitrogens with two attached hydrogens (primary N) is 1. The SMILES string of the molecule is NCc1ccc(-c2cnccn2)o1. The molecule has 0 amide bonds. The van der Waals surface area contributed by atoms with Gasteiger partial charge in [0.1, 0.15) is 11.5 Å². The third kappa shape index (κ3) is 1.57. The van der Waals surface area contributed by atoms with Crippen LogP contribution in [0.3, 0.4) is 0 Å². The monoisotopic (exact) mass is 175 g/mol. The molecule has 0 aromatic carbocycles. The fourth-order valence-corrected chi connectivity index (χ4v) is 1.05. The molecule has 0 saturated heterocycles. The van der Waals surface area contributed by atoms with Crippen LogP contribution in [0.15, 0.2) is 35.1 Å². The lowest BCUT2D eigenvalue weighted by Gasteiger charge is -1.93. The zero-order valence-electron chi connectivity index (χ0n) is 6.97. The Morgan fingerprint density at radius 3 is 2.85 bits per heavy atom. The maximum Gasteiger partial charge on any atom is 0.154 e. The Hall–Kier alpha value is -1.68. The van der Waals surface area contributed by atoms with E-state index in [-0.39, 0.29) is 0 Å². The molecular weight excluding hydrogens is 166 g/mol. The van der Waals surface area contributed by atoms with Crippen LogP contribution in [0.2, 0.25) is 0 Å². The Kier molecular flexibility index (Phi) is 2.06. The first kappa shape index (κ1) is 7.94. The predicted molar refractivity (Wildman–Crippen MR) is 47.6 cm³/mol. The van der Waals surface area contributed by atoms with Crippen molar-refractivity contribution >= 4 is 0 Å². The molecule has 0 bridgehead atoms. The van der Waals surface area contributed by atoms with Crippen LogP contribution < -0.4 is 5.73 Å². The number of furan rings is 1. The molecule has 2 rings (SSSR count). The Balaban J connectivity index is 2.36. The molecule has 0 aliphatic carbocycles. The van der Waals surface area contributed by atoms with Crippen LogP contribution in [0.4, 0.5) is 0 Å². The first-order valence-electron chi connectivity index (χ1n) is 3.95. The van der Waals surface area contributed by atoms with Crippen LogP contribution in [0.5, 0.6) is 0 Å². The summed E-state index contributed by atoms with van der Waals surface area (Å²) < 4.78 is 5.39. The van der Waals surface area contributed by atoms with Crippen LogP contribution >= 0.6 is 0 Å². The lowest BCUT2D eigenvalue weighted by atomic mass is 10.3. The summed E-state index contributed by atoms with van der Waals surface area (Å²) >= 11 is 0. The van der Waals surface area contributed by atoms with Crippen molar-refractivity contribution < 1.29 is 4.42 Å². The third-order valence-electron chi connectivity index (χ3n) is 1.68. The van der Waals surface area contributed by atoms with Crippen molar-refractivity contribution in [1.82, 2.24) is 9.97 Å². The van der Waals surface area contributed by atoms with Gasteiger partial charge in [-0.2, -0.15) is 0 Å². The summed E-state index contributed by atoms with van der Waals surface area (Å²) in [6.45, 7) is 0.403. The summed E-state index contributed by atoms with van der Waals surface area (Å²) in [5.74, 6) is 1.45. The molecule has 0 fully saturated rings. The summed E-state index contributed by atoms with van der Waals surface area (Å²) in [6.07, 6.45) is 4.90. The molecule has 0 spiro atoms. The normalized spacial score (nSPS) is 10.2. The summed E-state index contributed by atoms with van der Waals surface area (Å²) in [5, 5.41) is 0. The number of rotatable bonds is 2. The Bertz CT molecular complexity index is 383. The minimum atomic E-state index is 0.403. The van der Waals surface area contributed by atoms with Crippen molar-refractivity contribution in [2.24, 2.45) is 5.73 Å². The van der Waals surface area contributed by atoms with Gasteiger partial charge in [-0.3, -0.25) is 4.98 Å². The minimum absolute atomic E-state index is 0.403. The van der Waals surface area contributed by atoms with Crippen molar-refractivity contribution in [3.63, 3.8) is 0 Å². The van der Waals surface area contributed by atoms with Crippen molar-refractivity contribution in [2.45, 2.75) is 6.54 Å². The maximum absolute atomic E-state index is 5.41. The standard InChI is InChI=1S/C9H9N3O/c10-5-7-1-2-9(13-7)8-6-11-3-4-12-8/h1-4,6H,5,10H2. The molecule has 2 aromatic rings. The van der Waals surface area contributed by atoms with Gasteiger partial charge in [0, 0.05) is 12.4 Å². The summed E-state index contributed by atoms with van der Waals surface area (Å²) in [5.41, 5.74) is 6.14. The molecule has 2 N–H and O–H groups in total. The van der Waals surface area contributed by atoms with E-state index < -0.39 is 0 Å². The number of hydrogen-bond acceptors (Lipinski definition) is 4. The van der Waals surface area contributed by atoms with Gasteiger partial charge in [0.05, 0.1) is 12.7 Å². The summed E-state index contributed by atoms with van der Waals surface area (Å²) in [7, 11) is 0. The fourth-order valence-electron chi connectivity index (χ4n) is 1.05. The van der Waals surface area contributed by atoms with E-state index in [1.807, 2.05) is 12.1 Å².